The first-order valence-corrected chi connectivity index (χ1v) is 9.33. The van der Waals surface area contributed by atoms with Crippen molar-refractivity contribution >= 4 is 10.0 Å². The van der Waals surface area contributed by atoms with Crippen LogP contribution >= 0.6 is 0 Å². The average molecular weight is 333 g/mol. The molecule has 0 unspecified atom stereocenters. The molecule has 0 spiro atoms. The van der Waals surface area contributed by atoms with Gasteiger partial charge in [-0.3, -0.25) is 0 Å². The summed E-state index contributed by atoms with van der Waals surface area (Å²) in [6.07, 6.45) is 0. The van der Waals surface area contributed by atoms with Crippen molar-refractivity contribution in [1.82, 2.24) is 4.72 Å². The highest BCUT2D eigenvalue weighted by atomic mass is 32.2. The molecule has 0 aliphatic rings. The fourth-order valence-electron chi connectivity index (χ4n) is 2.42. The minimum atomic E-state index is -3.40. The van der Waals surface area contributed by atoms with Crippen LogP contribution in [0.4, 0.5) is 0 Å². The van der Waals surface area contributed by atoms with E-state index in [2.05, 4.69) is 4.72 Å². The highest BCUT2D eigenvalue weighted by Crippen LogP contribution is 2.19. The molecule has 23 heavy (non-hydrogen) atoms. The van der Waals surface area contributed by atoms with Crippen molar-refractivity contribution in [3.05, 3.63) is 65.2 Å². The van der Waals surface area contributed by atoms with Gasteiger partial charge in [0.25, 0.3) is 0 Å². The fraction of sp³-hybridized carbons (Fsp3) is 0.333. The van der Waals surface area contributed by atoms with Gasteiger partial charge in [-0.1, -0.05) is 42.0 Å². The van der Waals surface area contributed by atoms with Gasteiger partial charge < -0.3 is 4.74 Å². The van der Waals surface area contributed by atoms with E-state index in [0.29, 0.717) is 6.61 Å². The average Bonchev–Trinajstić information content (AvgIpc) is 2.47. The van der Waals surface area contributed by atoms with Crippen LogP contribution in [0.1, 0.15) is 36.6 Å². The lowest BCUT2D eigenvalue weighted by Gasteiger charge is -2.15. The maximum Gasteiger partial charge on any atom is 0.216 e. The summed E-state index contributed by atoms with van der Waals surface area (Å²) in [6, 6.07) is 14.7. The molecule has 0 amide bonds. The molecule has 124 valence electrons. The van der Waals surface area contributed by atoms with Gasteiger partial charge in [0.15, 0.2) is 0 Å². The number of aryl methyl sites for hydroxylation is 1. The highest BCUT2D eigenvalue weighted by Gasteiger charge is 2.16. The van der Waals surface area contributed by atoms with E-state index in [9.17, 15) is 8.42 Å². The Kier molecular flexibility index (Phi) is 5.80. The Morgan fingerprint density at radius 1 is 1.13 bits per heavy atom. The van der Waals surface area contributed by atoms with Crippen molar-refractivity contribution in [1.29, 1.82) is 0 Å². The van der Waals surface area contributed by atoms with Crippen molar-refractivity contribution in [3.63, 3.8) is 0 Å². The maximum absolute atomic E-state index is 12.3. The minimum absolute atomic E-state index is 0.0178. The summed E-state index contributed by atoms with van der Waals surface area (Å²) >= 11 is 0. The molecule has 0 aromatic heterocycles. The normalized spacial score (nSPS) is 12.8. The molecule has 1 N–H and O–H groups in total. The van der Waals surface area contributed by atoms with Gasteiger partial charge >= 0.3 is 0 Å². The van der Waals surface area contributed by atoms with Crippen molar-refractivity contribution in [2.45, 2.75) is 32.6 Å². The second-order valence-electron chi connectivity index (χ2n) is 5.59. The molecule has 2 rings (SSSR count). The highest BCUT2D eigenvalue weighted by molar-refractivity contribution is 7.88. The third kappa shape index (κ3) is 5.37. The molecule has 0 aliphatic heterocycles. The molecule has 2 aromatic rings. The monoisotopic (exact) mass is 333 g/mol. The van der Waals surface area contributed by atoms with E-state index in [-0.39, 0.29) is 11.8 Å². The largest absolute Gasteiger partial charge is 0.494 e. The van der Waals surface area contributed by atoms with Crippen LogP contribution in [0.25, 0.3) is 0 Å². The third-order valence-corrected chi connectivity index (χ3v) is 4.91. The fourth-order valence-corrected chi connectivity index (χ4v) is 3.80. The number of sulfonamides is 1. The lowest BCUT2D eigenvalue weighted by Crippen LogP contribution is -2.28. The van der Waals surface area contributed by atoms with Crippen LogP contribution in [0.15, 0.2) is 48.5 Å². The van der Waals surface area contributed by atoms with E-state index in [1.807, 2.05) is 69.3 Å². The van der Waals surface area contributed by atoms with Crippen LogP contribution < -0.4 is 9.46 Å². The summed E-state index contributed by atoms with van der Waals surface area (Å²) in [5.74, 6) is 0.766. The summed E-state index contributed by atoms with van der Waals surface area (Å²) in [5, 5.41) is 0. The van der Waals surface area contributed by atoms with Gasteiger partial charge in [0.05, 0.1) is 12.4 Å². The number of ether oxygens (including phenoxy) is 1. The molecular formula is C18H23NO3S. The number of benzene rings is 2. The first-order chi connectivity index (χ1) is 10.9. The predicted molar refractivity (Wildman–Crippen MR) is 93.0 cm³/mol. The number of rotatable bonds is 7. The van der Waals surface area contributed by atoms with Gasteiger partial charge in [-0.2, -0.15) is 0 Å². The molecule has 0 fully saturated rings. The van der Waals surface area contributed by atoms with Crippen LogP contribution in [0.2, 0.25) is 0 Å². The van der Waals surface area contributed by atoms with Gasteiger partial charge in [0.1, 0.15) is 5.75 Å². The summed E-state index contributed by atoms with van der Waals surface area (Å²) in [7, 11) is -3.40. The van der Waals surface area contributed by atoms with Crippen molar-refractivity contribution in [2.75, 3.05) is 6.61 Å². The van der Waals surface area contributed by atoms with Crippen molar-refractivity contribution in [2.24, 2.45) is 0 Å². The molecule has 2 aromatic carbocycles. The Balaban J connectivity index is 2.04. The van der Waals surface area contributed by atoms with Crippen LogP contribution in [-0.4, -0.2) is 15.0 Å². The molecule has 0 aliphatic carbocycles. The van der Waals surface area contributed by atoms with Gasteiger partial charge in [-0.05, 0) is 44.0 Å². The molecule has 0 bridgehead atoms. The van der Waals surface area contributed by atoms with E-state index >= 15 is 0 Å². The lowest BCUT2D eigenvalue weighted by atomic mass is 10.1. The SMILES string of the molecule is CCOc1ccc([C@H](C)NS(=O)(=O)Cc2cccc(C)c2)cc1. The Labute approximate surface area is 138 Å². The molecule has 5 heteroatoms. The number of nitrogens with one attached hydrogen (secondary N) is 1. The molecule has 0 heterocycles. The minimum Gasteiger partial charge on any atom is -0.494 e. The van der Waals surface area contributed by atoms with Crippen LogP contribution in [0, 0.1) is 6.92 Å². The number of hydrogen-bond acceptors (Lipinski definition) is 3. The standard InChI is InChI=1S/C18H23NO3S/c1-4-22-18-10-8-17(9-11-18)15(3)19-23(20,21)13-16-7-5-6-14(2)12-16/h5-12,15,19H,4,13H2,1-3H3/t15-/m0/s1. The summed E-state index contributed by atoms with van der Waals surface area (Å²) in [4.78, 5) is 0. The zero-order chi connectivity index (χ0) is 16.9. The summed E-state index contributed by atoms with van der Waals surface area (Å²) < 4.78 is 32.8. The van der Waals surface area contributed by atoms with Crippen LogP contribution in [-0.2, 0) is 15.8 Å². The summed E-state index contributed by atoms with van der Waals surface area (Å²) in [6.45, 7) is 6.32. The first kappa shape index (κ1) is 17.5. The zero-order valence-electron chi connectivity index (χ0n) is 13.7. The van der Waals surface area contributed by atoms with Gasteiger partial charge in [0.2, 0.25) is 10.0 Å². The summed E-state index contributed by atoms with van der Waals surface area (Å²) in [5.41, 5.74) is 2.75. The molecule has 0 saturated carbocycles. The zero-order valence-corrected chi connectivity index (χ0v) is 14.6. The quantitative estimate of drug-likeness (QED) is 0.843. The smallest absolute Gasteiger partial charge is 0.216 e. The topological polar surface area (TPSA) is 55.4 Å². The lowest BCUT2D eigenvalue weighted by molar-refractivity contribution is 0.340. The molecule has 1 atom stereocenters. The van der Waals surface area contributed by atoms with Crippen LogP contribution in [0.5, 0.6) is 5.75 Å². The Bertz CT molecular complexity index is 739. The van der Waals surface area contributed by atoms with Gasteiger partial charge in [-0.25, -0.2) is 13.1 Å². The van der Waals surface area contributed by atoms with Crippen LogP contribution in [0.3, 0.4) is 0 Å². The second-order valence-corrected chi connectivity index (χ2v) is 7.34. The van der Waals surface area contributed by atoms with E-state index in [1.165, 1.54) is 0 Å². The molecular weight excluding hydrogens is 310 g/mol. The van der Waals surface area contributed by atoms with Gasteiger partial charge in [-0.15, -0.1) is 0 Å². The Morgan fingerprint density at radius 2 is 1.83 bits per heavy atom. The van der Waals surface area contributed by atoms with E-state index in [0.717, 1.165) is 22.4 Å². The molecule has 4 nitrogen and oxygen atoms in total. The van der Waals surface area contributed by atoms with Gasteiger partial charge in [0, 0.05) is 6.04 Å². The van der Waals surface area contributed by atoms with E-state index in [1.54, 1.807) is 0 Å². The van der Waals surface area contributed by atoms with Crippen molar-refractivity contribution in [3.8, 4) is 5.75 Å². The molecule has 0 saturated heterocycles. The van der Waals surface area contributed by atoms with E-state index in [4.69, 9.17) is 4.74 Å². The maximum atomic E-state index is 12.3. The number of hydrogen-bond donors (Lipinski definition) is 1. The third-order valence-electron chi connectivity index (χ3n) is 3.49. The predicted octanol–water partition coefficient (Wildman–Crippen LogP) is 3.57. The Hall–Kier alpha value is -1.85. The Morgan fingerprint density at radius 3 is 2.43 bits per heavy atom. The second kappa shape index (κ2) is 7.62. The molecule has 0 radical (unpaired) electrons. The van der Waals surface area contributed by atoms with Crippen molar-refractivity contribution < 1.29 is 13.2 Å². The van der Waals surface area contributed by atoms with E-state index < -0.39 is 10.0 Å². The first-order valence-electron chi connectivity index (χ1n) is 7.68.